The third-order valence-corrected chi connectivity index (χ3v) is 8.03. The van der Waals surface area contributed by atoms with E-state index in [2.05, 4.69) is 25.5 Å². The summed E-state index contributed by atoms with van der Waals surface area (Å²) in [5, 5.41) is 16.5. The molecular formula is C26H31F3N6O. The zero-order chi connectivity index (χ0) is 24.9. The van der Waals surface area contributed by atoms with Crippen molar-refractivity contribution in [3.05, 3.63) is 36.0 Å². The van der Waals surface area contributed by atoms with E-state index in [1.54, 1.807) is 36.1 Å². The minimum absolute atomic E-state index is 0.123. The standard InChI is InChI=1S/C26H31F3N6O/c1-34-13-20-8-17(2-3-23(20)33-34)25-22(26(27,28)29)11-24(31-32-25)30-21-9-18-14-35(15-19(18)10-21)12-16-4-6-36-7-5-16/h2-3,8,11,13,16,18-19,21H,4-7,9-10,12,14-15H2,1H3,(H,30,31)/t18-,19+,21-. The number of hydrogen-bond donors (Lipinski definition) is 1. The minimum atomic E-state index is -4.54. The molecule has 0 bridgehead atoms. The summed E-state index contributed by atoms with van der Waals surface area (Å²) in [6.07, 6.45) is 1.43. The quantitative estimate of drug-likeness (QED) is 0.553. The Kier molecular flexibility index (Phi) is 6.11. The predicted octanol–water partition coefficient (Wildman–Crippen LogP) is 4.60. The Morgan fingerprint density at radius 1 is 1.06 bits per heavy atom. The number of aryl methyl sites for hydroxylation is 1. The zero-order valence-corrected chi connectivity index (χ0v) is 20.3. The number of fused-ring (bicyclic) bond motifs is 2. The molecular weight excluding hydrogens is 469 g/mol. The molecule has 0 spiro atoms. The summed E-state index contributed by atoms with van der Waals surface area (Å²) in [7, 11) is 1.78. The summed E-state index contributed by atoms with van der Waals surface area (Å²) in [6.45, 7) is 5.04. The van der Waals surface area contributed by atoms with Gasteiger partial charge in [-0.2, -0.15) is 18.3 Å². The van der Waals surface area contributed by atoms with Crippen molar-refractivity contribution in [2.45, 2.75) is 37.9 Å². The lowest BCUT2D eigenvalue weighted by Gasteiger charge is -2.27. The lowest BCUT2D eigenvalue weighted by Crippen LogP contribution is -2.32. The zero-order valence-electron chi connectivity index (χ0n) is 20.3. The van der Waals surface area contributed by atoms with Crippen LogP contribution in [0.4, 0.5) is 19.0 Å². The second-order valence-corrected chi connectivity index (χ2v) is 10.7. The fourth-order valence-corrected chi connectivity index (χ4v) is 6.36. The molecule has 3 aromatic rings. The molecule has 1 saturated carbocycles. The van der Waals surface area contributed by atoms with Crippen LogP contribution in [0.3, 0.4) is 0 Å². The van der Waals surface area contributed by atoms with Crippen LogP contribution in [-0.4, -0.2) is 63.8 Å². The molecule has 7 nitrogen and oxygen atoms in total. The Hall–Kier alpha value is -2.72. The van der Waals surface area contributed by atoms with E-state index in [9.17, 15) is 13.2 Å². The van der Waals surface area contributed by atoms with Crippen molar-refractivity contribution >= 4 is 16.7 Å². The van der Waals surface area contributed by atoms with Gasteiger partial charge in [-0.1, -0.05) is 6.07 Å². The maximum Gasteiger partial charge on any atom is 0.418 e. The first-order valence-corrected chi connectivity index (χ1v) is 12.8. The number of nitrogens with one attached hydrogen (secondary N) is 1. The molecule has 3 atom stereocenters. The summed E-state index contributed by atoms with van der Waals surface area (Å²) in [5.74, 6) is 2.09. The number of anilines is 1. The second kappa shape index (κ2) is 9.30. The van der Waals surface area contributed by atoms with Gasteiger partial charge in [0.1, 0.15) is 11.5 Å². The molecule has 192 valence electrons. The Bertz CT molecular complexity index is 1220. The van der Waals surface area contributed by atoms with E-state index in [-0.39, 0.29) is 17.6 Å². The van der Waals surface area contributed by atoms with E-state index in [1.165, 1.54) is 0 Å². The molecule has 0 amide bonds. The number of ether oxygens (including phenoxy) is 1. The lowest BCUT2D eigenvalue weighted by molar-refractivity contribution is -0.137. The average Bonchev–Trinajstić information content (AvgIpc) is 3.50. The molecule has 0 unspecified atom stereocenters. The summed E-state index contributed by atoms with van der Waals surface area (Å²) in [6, 6.07) is 6.24. The van der Waals surface area contributed by atoms with Gasteiger partial charge in [0.05, 0.1) is 11.1 Å². The molecule has 1 aromatic carbocycles. The van der Waals surface area contributed by atoms with Crippen molar-refractivity contribution in [3.63, 3.8) is 0 Å². The van der Waals surface area contributed by atoms with Gasteiger partial charge in [0, 0.05) is 63.1 Å². The number of likely N-dealkylation sites (tertiary alicyclic amines) is 1. The number of hydrogen-bond acceptors (Lipinski definition) is 6. The summed E-state index contributed by atoms with van der Waals surface area (Å²) in [5.41, 5.74) is 0.163. The van der Waals surface area contributed by atoms with Crippen LogP contribution in [0, 0.1) is 17.8 Å². The van der Waals surface area contributed by atoms with Gasteiger partial charge < -0.3 is 15.0 Å². The van der Waals surface area contributed by atoms with E-state index < -0.39 is 11.7 Å². The maximum absolute atomic E-state index is 14.0. The molecule has 4 heterocycles. The smallest absolute Gasteiger partial charge is 0.381 e. The van der Waals surface area contributed by atoms with E-state index in [0.29, 0.717) is 17.4 Å². The molecule has 2 aliphatic heterocycles. The molecule has 2 aromatic heterocycles. The fourth-order valence-electron chi connectivity index (χ4n) is 6.36. The van der Waals surface area contributed by atoms with Gasteiger partial charge in [0.15, 0.2) is 0 Å². The Morgan fingerprint density at radius 2 is 1.81 bits per heavy atom. The van der Waals surface area contributed by atoms with E-state index in [1.807, 2.05) is 0 Å². The number of alkyl halides is 3. The van der Waals surface area contributed by atoms with Crippen molar-refractivity contribution in [3.8, 4) is 11.3 Å². The van der Waals surface area contributed by atoms with Crippen LogP contribution in [-0.2, 0) is 18.0 Å². The van der Waals surface area contributed by atoms with Gasteiger partial charge in [-0.05, 0) is 61.6 Å². The highest BCUT2D eigenvalue weighted by atomic mass is 19.4. The number of aromatic nitrogens is 4. The van der Waals surface area contributed by atoms with Crippen LogP contribution in [0.15, 0.2) is 30.5 Å². The number of halogens is 3. The molecule has 2 saturated heterocycles. The van der Waals surface area contributed by atoms with Crippen molar-refractivity contribution in [2.75, 3.05) is 38.2 Å². The highest BCUT2D eigenvalue weighted by molar-refractivity contribution is 5.84. The van der Waals surface area contributed by atoms with Crippen molar-refractivity contribution in [2.24, 2.45) is 24.8 Å². The van der Waals surface area contributed by atoms with Crippen LogP contribution in [0.5, 0.6) is 0 Å². The molecule has 3 aliphatic rings. The normalized spacial score (nSPS) is 25.5. The monoisotopic (exact) mass is 500 g/mol. The molecule has 10 heteroatoms. The van der Waals surface area contributed by atoms with Crippen molar-refractivity contribution < 1.29 is 17.9 Å². The van der Waals surface area contributed by atoms with Crippen LogP contribution in [0.1, 0.15) is 31.2 Å². The highest BCUT2D eigenvalue weighted by Crippen LogP contribution is 2.41. The Morgan fingerprint density at radius 3 is 2.53 bits per heavy atom. The second-order valence-electron chi connectivity index (χ2n) is 10.7. The van der Waals surface area contributed by atoms with Gasteiger partial charge in [0.2, 0.25) is 0 Å². The van der Waals surface area contributed by atoms with Gasteiger partial charge >= 0.3 is 6.18 Å². The van der Waals surface area contributed by atoms with Crippen LogP contribution in [0.2, 0.25) is 0 Å². The topological polar surface area (TPSA) is 68.1 Å². The first-order valence-electron chi connectivity index (χ1n) is 12.8. The SMILES string of the molecule is Cn1cc2cc(-c3nnc(N[C@@H]4C[C@@H]5CN(CC6CCOCC6)C[C@@H]5C4)cc3C(F)(F)F)ccc2n1. The van der Waals surface area contributed by atoms with Gasteiger partial charge in [-0.25, -0.2) is 0 Å². The van der Waals surface area contributed by atoms with Gasteiger partial charge in [-0.15, -0.1) is 10.2 Å². The van der Waals surface area contributed by atoms with E-state index >= 15 is 0 Å². The van der Waals surface area contributed by atoms with Crippen LogP contribution >= 0.6 is 0 Å². The maximum atomic E-state index is 14.0. The third kappa shape index (κ3) is 4.80. The van der Waals surface area contributed by atoms with E-state index in [4.69, 9.17) is 4.74 Å². The number of nitrogens with zero attached hydrogens (tertiary/aromatic N) is 5. The number of rotatable bonds is 5. The Balaban J connectivity index is 1.14. The highest BCUT2D eigenvalue weighted by Gasteiger charge is 2.42. The summed E-state index contributed by atoms with van der Waals surface area (Å²) < 4.78 is 49.2. The number of benzene rings is 1. The fraction of sp³-hybridized carbons (Fsp3) is 0.577. The first kappa shape index (κ1) is 23.7. The largest absolute Gasteiger partial charge is 0.418 e. The third-order valence-electron chi connectivity index (χ3n) is 8.03. The van der Waals surface area contributed by atoms with E-state index in [0.717, 1.165) is 81.4 Å². The summed E-state index contributed by atoms with van der Waals surface area (Å²) >= 11 is 0. The molecule has 6 rings (SSSR count). The van der Waals surface area contributed by atoms with Gasteiger partial charge in [0.25, 0.3) is 0 Å². The molecule has 3 fully saturated rings. The molecule has 0 radical (unpaired) electrons. The predicted molar refractivity (Wildman–Crippen MR) is 130 cm³/mol. The van der Waals surface area contributed by atoms with Crippen LogP contribution in [0.25, 0.3) is 22.2 Å². The Labute approximate surface area is 208 Å². The molecule has 1 aliphatic carbocycles. The van der Waals surface area contributed by atoms with Crippen molar-refractivity contribution in [1.82, 2.24) is 24.9 Å². The lowest BCUT2D eigenvalue weighted by atomic mass is 10.00. The van der Waals surface area contributed by atoms with Crippen LogP contribution < -0.4 is 5.32 Å². The molecule has 36 heavy (non-hydrogen) atoms. The first-order chi connectivity index (χ1) is 17.3. The summed E-state index contributed by atoms with van der Waals surface area (Å²) in [4.78, 5) is 2.58. The van der Waals surface area contributed by atoms with Gasteiger partial charge in [-0.3, -0.25) is 4.68 Å². The van der Waals surface area contributed by atoms with Crippen molar-refractivity contribution in [1.29, 1.82) is 0 Å². The average molecular weight is 501 g/mol. The molecule has 1 N–H and O–H groups in total. The minimum Gasteiger partial charge on any atom is -0.381 e.